The van der Waals surface area contributed by atoms with Crippen molar-refractivity contribution in [2.75, 3.05) is 5.32 Å². The Morgan fingerprint density at radius 3 is 2.69 bits per heavy atom. The lowest BCUT2D eigenvalue weighted by molar-refractivity contribution is -0.146. The van der Waals surface area contributed by atoms with Crippen molar-refractivity contribution in [3.8, 4) is 5.69 Å². The molecule has 2 heterocycles. The first kappa shape index (κ1) is 22.4. The summed E-state index contributed by atoms with van der Waals surface area (Å²) in [5.41, 5.74) is 0.846. The Kier molecular flexibility index (Phi) is 6.56. The van der Waals surface area contributed by atoms with E-state index in [2.05, 4.69) is 25.8 Å². The second kappa shape index (κ2) is 9.37. The molecule has 168 valence electrons. The lowest BCUT2D eigenvalue weighted by atomic mass is 9.86. The summed E-state index contributed by atoms with van der Waals surface area (Å²) in [6, 6.07) is 4.36. The average Bonchev–Trinajstić information content (AvgIpc) is 3.44. The summed E-state index contributed by atoms with van der Waals surface area (Å²) in [5, 5.41) is 14.5. The first-order valence-corrected chi connectivity index (χ1v) is 11.2. The number of allylic oxidation sites excluding steroid dienone is 1. The van der Waals surface area contributed by atoms with Crippen LogP contribution >= 0.6 is 22.9 Å². The fourth-order valence-corrected chi connectivity index (χ4v) is 4.45. The van der Waals surface area contributed by atoms with E-state index in [0.29, 0.717) is 20.9 Å². The molecule has 0 spiro atoms. The third-order valence-electron chi connectivity index (χ3n) is 5.16. The Bertz CT molecular complexity index is 1120. The van der Waals surface area contributed by atoms with Crippen LogP contribution in [0.1, 0.15) is 43.5 Å². The SMILES string of the molecule is O=C(Nc1nccs1)C(=CC1CCCCC1)c1ccc(-n2nnnc2C(F)(F)F)c(Cl)c1. The molecule has 1 N–H and O–H groups in total. The largest absolute Gasteiger partial charge is 0.453 e. The van der Waals surface area contributed by atoms with Gasteiger partial charge in [0, 0.05) is 17.2 Å². The first-order chi connectivity index (χ1) is 15.3. The molecule has 1 amide bonds. The van der Waals surface area contributed by atoms with Crippen LogP contribution in [0.5, 0.6) is 0 Å². The van der Waals surface area contributed by atoms with Gasteiger partial charge in [-0.25, -0.2) is 4.98 Å². The highest BCUT2D eigenvalue weighted by atomic mass is 35.5. The third-order valence-corrected chi connectivity index (χ3v) is 6.15. The van der Waals surface area contributed by atoms with Gasteiger partial charge in [0.25, 0.3) is 11.7 Å². The van der Waals surface area contributed by atoms with Crippen LogP contribution in [0.3, 0.4) is 0 Å². The second-order valence-corrected chi connectivity index (χ2v) is 8.65. The van der Waals surface area contributed by atoms with Crippen LogP contribution in [-0.4, -0.2) is 31.1 Å². The Morgan fingerprint density at radius 2 is 2.03 bits per heavy atom. The van der Waals surface area contributed by atoms with Crippen LogP contribution in [0.15, 0.2) is 35.9 Å². The van der Waals surface area contributed by atoms with Crippen molar-refractivity contribution in [2.24, 2.45) is 5.92 Å². The predicted octanol–water partition coefficient (Wildman–Crippen LogP) is 5.39. The molecule has 0 radical (unpaired) electrons. The number of rotatable bonds is 5. The van der Waals surface area contributed by atoms with Crippen LogP contribution in [0.2, 0.25) is 5.02 Å². The third kappa shape index (κ3) is 4.99. The van der Waals surface area contributed by atoms with E-state index in [0.717, 1.165) is 25.7 Å². The van der Waals surface area contributed by atoms with Gasteiger partial charge in [0.2, 0.25) is 0 Å². The molecular formula is C20H18ClF3N6OS. The van der Waals surface area contributed by atoms with E-state index in [1.165, 1.54) is 29.9 Å². The number of alkyl halides is 3. The van der Waals surface area contributed by atoms with E-state index in [1.54, 1.807) is 17.6 Å². The molecule has 0 atom stereocenters. The fourth-order valence-electron chi connectivity index (χ4n) is 3.66. The van der Waals surface area contributed by atoms with Gasteiger partial charge in [-0.15, -0.1) is 16.4 Å². The molecule has 1 aromatic carbocycles. The minimum Gasteiger partial charge on any atom is -0.298 e. The number of thiazole rings is 1. The standard InChI is InChI=1S/C20H18ClF3N6OS/c21-15-11-13(6-7-16(15)30-18(20(22,23)24)27-28-29-30)14(10-12-4-2-1-3-5-12)17(31)26-19-25-8-9-32-19/h6-12H,1-5H2,(H,25,26,31). The summed E-state index contributed by atoms with van der Waals surface area (Å²) < 4.78 is 40.1. The van der Waals surface area contributed by atoms with Crippen molar-refractivity contribution in [1.29, 1.82) is 0 Å². The van der Waals surface area contributed by atoms with E-state index in [9.17, 15) is 18.0 Å². The number of hydrogen-bond acceptors (Lipinski definition) is 6. The molecular weight excluding hydrogens is 465 g/mol. The molecule has 2 aromatic heterocycles. The number of carbonyl (C=O) groups excluding carboxylic acids is 1. The molecule has 4 rings (SSSR count). The van der Waals surface area contributed by atoms with Crippen molar-refractivity contribution in [2.45, 2.75) is 38.3 Å². The minimum absolute atomic E-state index is 0.0168. The molecule has 7 nitrogen and oxygen atoms in total. The Labute approximate surface area is 190 Å². The maximum Gasteiger partial charge on any atom is 0.453 e. The minimum atomic E-state index is -4.74. The Morgan fingerprint density at radius 1 is 1.25 bits per heavy atom. The van der Waals surface area contributed by atoms with E-state index in [4.69, 9.17) is 11.6 Å². The van der Waals surface area contributed by atoms with E-state index in [1.807, 2.05) is 6.08 Å². The molecule has 32 heavy (non-hydrogen) atoms. The maximum absolute atomic E-state index is 13.2. The van der Waals surface area contributed by atoms with E-state index < -0.39 is 12.0 Å². The fraction of sp³-hybridized carbons (Fsp3) is 0.350. The Balaban J connectivity index is 1.70. The van der Waals surface area contributed by atoms with Crippen molar-refractivity contribution >= 4 is 39.5 Å². The summed E-state index contributed by atoms with van der Waals surface area (Å²) in [6.07, 6.45) is 4.04. The first-order valence-electron chi connectivity index (χ1n) is 9.91. The van der Waals surface area contributed by atoms with Gasteiger partial charge in [-0.2, -0.15) is 17.9 Å². The van der Waals surface area contributed by atoms with Crippen molar-refractivity contribution in [1.82, 2.24) is 25.2 Å². The lowest BCUT2D eigenvalue weighted by Crippen LogP contribution is -2.16. The summed E-state index contributed by atoms with van der Waals surface area (Å²) in [6.45, 7) is 0. The number of aromatic nitrogens is 5. The van der Waals surface area contributed by atoms with Crippen molar-refractivity contribution < 1.29 is 18.0 Å². The van der Waals surface area contributed by atoms with Gasteiger partial charge in [0.1, 0.15) is 0 Å². The van der Waals surface area contributed by atoms with E-state index in [-0.39, 0.29) is 22.5 Å². The Hall–Kier alpha value is -2.79. The number of tetrazole rings is 1. The van der Waals surface area contributed by atoms with Crippen LogP contribution in [0.4, 0.5) is 18.3 Å². The summed E-state index contributed by atoms with van der Waals surface area (Å²) in [5.74, 6) is -1.41. The quantitative estimate of drug-likeness (QED) is 0.492. The number of benzene rings is 1. The van der Waals surface area contributed by atoms with Gasteiger partial charge in [0.15, 0.2) is 5.13 Å². The number of carbonyl (C=O) groups is 1. The molecule has 3 aromatic rings. The molecule has 0 aliphatic heterocycles. The van der Waals surface area contributed by atoms with Crippen LogP contribution < -0.4 is 5.32 Å². The molecule has 1 saturated carbocycles. The summed E-state index contributed by atoms with van der Waals surface area (Å²) in [4.78, 5) is 17.1. The molecule has 0 bridgehead atoms. The molecule has 0 saturated heterocycles. The number of amides is 1. The smallest absolute Gasteiger partial charge is 0.298 e. The van der Waals surface area contributed by atoms with Gasteiger partial charge in [-0.1, -0.05) is 43.0 Å². The zero-order chi connectivity index (χ0) is 22.7. The molecule has 1 aliphatic carbocycles. The maximum atomic E-state index is 13.2. The molecule has 1 aliphatic rings. The highest BCUT2D eigenvalue weighted by Gasteiger charge is 2.38. The molecule has 0 unspecified atom stereocenters. The number of halogens is 4. The molecule has 1 fully saturated rings. The molecule has 12 heteroatoms. The van der Waals surface area contributed by atoms with Crippen molar-refractivity contribution in [3.05, 3.63) is 52.3 Å². The van der Waals surface area contributed by atoms with Crippen LogP contribution in [-0.2, 0) is 11.0 Å². The normalized spacial score (nSPS) is 15.7. The zero-order valence-electron chi connectivity index (χ0n) is 16.6. The zero-order valence-corrected chi connectivity index (χ0v) is 18.2. The van der Waals surface area contributed by atoms with E-state index >= 15 is 0 Å². The van der Waals surface area contributed by atoms with Crippen LogP contribution in [0, 0.1) is 5.92 Å². The number of nitrogens with one attached hydrogen (secondary N) is 1. The average molecular weight is 483 g/mol. The number of anilines is 1. The topological polar surface area (TPSA) is 85.6 Å². The summed E-state index contributed by atoms with van der Waals surface area (Å²) >= 11 is 7.61. The lowest BCUT2D eigenvalue weighted by Gasteiger charge is -2.20. The number of hydrogen-bond donors (Lipinski definition) is 1. The van der Waals surface area contributed by atoms with Gasteiger partial charge < -0.3 is 0 Å². The van der Waals surface area contributed by atoms with Crippen molar-refractivity contribution in [3.63, 3.8) is 0 Å². The second-order valence-electron chi connectivity index (χ2n) is 7.35. The van der Waals surface area contributed by atoms with Gasteiger partial charge in [-0.05, 0) is 46.9 Å². The summed E-state index contributed by atoms with van der Waals surface area (Å²) in [7, 11) is 0. The highest BCUT2D eigenvalue weighted by Crippen LogP contribution is 2.33. The van der Waals surface area contributed by atoms with Gasteiger partial charge in [0.05, 0.1) is 10.7 Å². The number of nitrogens with zero attached hydrogens (tertiary/aromatic N) is 5. The highest BCUT2D eigenvalue weighted by molar-refractivity contribution is 7.13. The predicted molar refractivity (Wildman–Crippen MR) is 114 cm³/mol. The monoisotopic (exact) mass is 482 g/mol. The van der Waals surface area contributed by atoms with Crippen LogP contribution in [0.25, 0.3) is 11.3 Å². The van der Waals surface area contributed by atoms with Gasteiger partial charge in [-0.3, -0.25) is 10.1 Å². The van der Waals surface area contributed by atoms with Gasteiger partial charge >= 0.3 is 6.18 Å².